The standard InChI is InChI=1S/C17H22N6O2S/c1-17(2,3)19-15(25)11-4-6-12(7-5-11)18-14(24)10-26-16-20-21-22-23(16)13-8-9-13/h4-7,13H,8-10H2,1-3H3,(H,18,24)(H,19,25). The van der Waals surface area contributed by atoms with Gasteiger partial charge < -0.3 is 10.6 Å². The minimum absolute atomic E-state index is 0.141. The van der Waals surface area contributed by atoms with Crippen molar-refractivity contribution in [3.63, 3.8) is 0 Å². The van der Waals surface area contributed by atoms with Gasteiger partial charge in [0.25, 0.3) is 5.91 Å². The summed E-state index contributed by atoms with van der Waals surface area (Å²) >= 11 is 1.31. The lowest BCUT2D eigenvalue weighted by molar-refractivity contribution is -0.113. The van der Waals surface area contributed by atoms with E-state index in [1.807, 2.05) is 20.8 Å². The van der Waals surface area contributed by atoms with E-state index in [0.29, 0.717) is 22.4 Å². The molecule has 3 rings (SSSR count). The Morgan fingerprint density at radius 3 is 2.54 bits per heavy atom. The van der Waals surface area contributed by atoms with Gasteiger partial charge in [0.1, 0.15) is 0 Å². The Labute approximate surface area is 156 Å². The van der Waals surface area contributed by atoms with Crippen LogP contribution in [0, 0.1) is 0 Å². The lowest BCUT2D eigenvalue weighted by Gasteiger charge is -2.20. The maximum Gasteiger partial charge on any atom is 0.251 e. The second-order valence-electron chi connectivity index (χ2n) is 7.26. The van der Waals surface area contributed by atoms with Crippen LogP contribution in [0.1, 0.15) is 50.0 Å². The maximum absolute atomic E-state index is 12.1. The molecule has 2 amide bonds. The highest BCUT2D eigenvalue weighted by atomic mass is 32.2. The number of rotatable bonds is 6. The lowest BCUT2D eigenvalue weighted by atomic mass is 10.1. The zero-order chi connectivity index (χ0) is 18.7. The number of carbonyl (C=O) groups is 2. The van der Waals surface area contributed by atoms with E-state index in [1.54, 1.807) is 28.9 Å². The molecule has 1 aliphatic carbocycles. The summed E-state index contributed by atoms with van der Waals surface area (Å²) < 4.78 is 1.78. The largest absolute Gasteiger partial charge is 0.347 e. The van der Waals surface area contributed by atoms with Crippen LogP contribution >= 0.6 is 11.8 Å². The van der Waals surface area contributed by atoms with Gasteiger partial charge in [0, 0.05) is 16.8 Å². The van der Waals surface area contributed by atoms with Crippen LogP contribution in [0.15, 0.2) is 29.4 Å². The van der Waals surface area contributed by atoms with Crippen LogP contribution in [0.3, 0.4) is 0 Å². The molecule has 2 aromatic rings. The highest BCUT2D eigenvalue weighted by molar-refractivity contribution is 7.99. The molecule has 9 heteroatoms. The SMILES string of the molecule is CC(C)(C)NC(=O)c1ccc(NC(=O)CSc2nnnn2C2CC2)cc1. The minimum atomic E-state index is -0.295. The molecular formula is C17H22N6O2S. The van der Waals surface area contributed by atoms with Crippen LogP contribution in [0.25, 0.3) is 0 Å². The summed E-state index contributed by atoms with van der Waals surface area (Å²) in [6, 6.07) is 7.19. The number of aromatic nitrogens is 4. The first kappa shape index (κ1) is 18.4. The molecule has 2 N–H and O–H groups in total. The molecule has 0 spiro atoms. The summed E-state index contributed by atoms with van der Waals surface area (Å²) in [5.74, 6) is -0.0654. The smallest absolute Gasteiger partial charge is 0.251 e. The molecule has 0 saturated heterocycles. The summed E-state index contributed by atoms with van der Waals surface area (Å²) in [6.45, 7) is 5.78. The molecular weight excluding hydrogens is 352 g/mol. The third-order valence-corrected chi connectivity index (χ3v) is 4.54. The predicted octanol–water partition coefficient (Wildman–Crippen LogP) is 2.27. The van der Waals surface area contributed by atoms with Crippen molar-refractivity contribution in [1.29, 1.82) is 0 Å². The maximum atomic E-state index is 12.1. The zero-order valence-corrected chi connectivity index (χ0v) is 15.8. The van der Waals surface area contributed by atoms with E-state index >= 15 is 0 Å². The number of amides is 2. The lowest BCUT2D eigenvalue weighted by Crippen LogP contribution is -2.40. The van der Waals surface area contributed by atoms with Gasteiger partial charge in [-0.3, -0.25) is 9.59 Å². The summed E-state index contributed by atoms with van der Waals surface area (Å²) in [5.41, 5.74) is 0.900. The van der Waals surface area contributed by atoms with Crippen molar-refractivity contribution in [3.05, 3.63) is 29.8 Å². The van der Waals surface area contributed by atoms with E-state index in [1.165, 1.54) is 11.8 Å². The van der Waals surface area contributed by atoms with Crippen LogP contribution < -0.4 is 10.6 Å². The number of hydrogen-bond donors (Lipinski definition) is 2. The molecule has 0 radical (unpaired) electrons. The second kappa shape index (κ2) is 7.45. The quantitative estimate of drug-likeness (QED) is 0.752. The average molecular weight is 374 g/mol. The van der Waals surface area contributed by atoms with Crippen molar-refractivity contribution in [1.82, 2.24) is 25.5 Å². The van der Waals surface area contributed by atoms with Crippen LogP contribution in [-0.4, -0.2) is 43.3 Å². The van der Waals surface area contributed by atoms with Crippen molar-refractivity contribution < 1.29 is 9.59 Å². The van der Waals surface area contributed by atoms with Gasteiger partial charge in [-0.25, -0.2) is 4.68 Å². The summed E-state index contributed by atoms with van der Waals surface area (Å²) in [4.78, 5) is 24.2. The third-order valence-electron chi connectivity index (χ3n) is 3.61. The fourth-order valence-electron chi connectivity index (χ4n) is 2.27. The molecule has 0 aliphatic heterocycles. The highest BCUT2D eigenvalue weighted by Crippen LogP contribution is 2.36. The molecule has 26 heavy (non-hydrogen) atoms. The molecule has 1 fully saturated rings. The van der Waals surface area contributed by atoms with Crippen molar-refractivity contribution >= 4 is 29.3 Å². The Morgan fingerprint density at radius 2 is 1.92 bits per heavy atom. The van der Waals surface area contributed by atoms with E-state index in [4.69, 9.17) is 0 Å². The van der Waals surface area contributed by atoms with Gasteiger partial charge in [-0.2, -0.15) is 0 Å². The molecule has 138 valence electrons. The van der Waals surface area contributed by atoms with Gasteiger partial charge >= 0.3 is 0 Å². The van der Waals surface area contributed by atoms with E-state index in [-0.39, 0.29) is 23.1 Å². The highest BCUT2D eigenvalue weighted by Gasteiger charge is 2.28. The van der Waals surface area contributed by atoms with Crippen LogP contribution in [-0.2, 0) is 4.79 Å². The van der Waals surface area contributed by atoms with Crippen LogP contribution in [0.4, 0.5) is 5.69 Å². The van der Waals surface area contributed by atoms with Gasteiger partial charge in [-0.05, 0) is 68.3 Å². The van der Waals surface area contributed by atoms with E-state index < -0.39 is 0 Å². The molecule has 0 bridgehead atoms. The van der Waals surface area contributed by atoms with E-state index in [2.05, 4.69) is 26.2 Å². The van der Waals surface area contributed by atoms with E-state index in [9.17, 15) is 9.59 Å². The number of carbonyl (C=O) groups excluding carboxylic acids is 2. The molecule has 1 heterocycles. The molecule has 1 aromatic heterocycles. The Balaban J connectivity index is 1.51. The van der Waals surface area contributed by atoms with Gasteiger partial charge in [-0.15, -0.1) is 5.10 Å². The van der Waals surface area contributed by atoms with Crippen molar-refractivity contribution in [2.75, 3.05) is 11.1 Å². The van der Waals surface area contributed by atoms with Crippen molar-refractivity contribution in [2.45, 2.75) is 50.4 Å². The normalized spacial score (nSPS) is 14.1. The molecule has 8 nitrogen and oxygen atoms in total. The zero-order valence-electron chi connectivity index (χ0n) is 15.0. The van der Waals surface area contributed by atoms with Crippen molar-refractivity contribution in [2.24, 2.45) is 0 Å². The number of nitrogens with one attached hydrogen (secondary N) is 2. The number of anilines is 1. The fourth-order valence-corrected chi connectivity index (χ4v) is 3.02. The van der Waals surface area contributed by atoms with Gasteiger partial charge in [0.15, 0.2) is 0 Å². The molecule has 0 atom stereocenters. The Bertz CT molecular complexity index is 792. The number of nitrogens with zero attached hydrogens (tertiary/aromatic N) is 4. The monoisotopic (exact) mass is 374 g/mol. The molecule has 1 saturated carbocycles. The average Bonchev–Trinajstić information content (AvgIpc) is 3.30. The Kier molecular flexibility index (Phi) is 5.26. The molecule has 0 unspecified atom stereocenters. The van der Waals surface area contributed by atoms with Crippen LogP contribution in [0.2, 0.25) is 0 Å². The first-order valence-corrected chi connectivity index (χ1v) is 9.43. The topological polar surface area (TPSA) is 102 Å². The second-order valence-corrected chi connectivity index (χ2v) is 8.20. The number of benzene rings is 1. The Hall–Kier alpha value is -2.42. The summed E-state index contributed by atoms with van der Waals surface area (Å²) in [6.07, 6.45) is 2.17. The number of hydrogen-bond acceptors (Lipinski definition) is 6. The van der Waals surface area contributed by atoms with Gasteiger partial charge in [0.05, 0.1) is 11.8 Å². The van der Waals surface area contributed by atoms with Crippen molar-refractivity contribution in [3.8, 4) is 0 Å². The third kappa shape index (κ3) is 5.04. The van der Waals surface area contributed by atoms with E-state index in [0.717, 1.165) is 12.8 Å². The van der Waals surface area contributed by atoms with Crippen LogP contribution in [0.5, 0.6) is 0 Å². The molecule has 1 aromatic carbocycles. The summed E-state index contributed by atoms with van der Waals surface area (Å²) in [7, 11) is 0. The molecule has 1 aliphatic rings. The first-order valence-electron chi connectivity index (χ1n) is 8.45. The number of tetrazole rings is 1. The first-order chi connectivity index (χ1) is 12.3. The predicted molar refractivity (Wildman–Crippen MR) is 99.1 cm³/mol. The summed E-state index contributed by atoms with van der Waals surface area (Å²) in [5, 5.41) is 18.0. The Morgan fingerprint density at radius 1 is 1.23 bits per heavy atom. The van der Waals surface area contributed by atoms with Gasteiger partial charge in [0.2, 0.25) is 11.1 Å². The fraction of sp³-hybridized carbons (Fsp3) is 0.471. The minimum Gasteiger partial charge on any atom is -0.347 e. The van der Waals surface area contributed by atoms with Gasteiger partial charge in [-0.1, -0.05) is 11.8 Å². The number of thioether (sulfide) groups is 1.